The van der Waals surface area contributed by atoms with Gasteiger partial charge in [0.05, 0.1) is 0 Å². The van der Waals surface area contributed by atoms with E-state index in [0.717, 1.165) is 4.90 Å². The first-order valence-electron chi connectivity index (χ1n) is 5.84. The van der Waals surface area contributed by atoms with Crippen molar-refractivity contribution in [3.63, 3.8) is 0 Å². The predicted molar refractivity (Wildman–Crippen MR) is 70.6 cm³/mol. The third-order valence-electron chi connectivity index (χ3n) is 2.92. The number of hydrogen-bond donors (Lipinski definition) is 2. The zero-order valence-corrected chi connectivity index (χ0v) is 11.5. The minimum Gasteiger partial charge on any atom is -0.465 e. The highest BCUT2D eigenvalue weighted by molar-refractivity contribution is 6.31. The molecule has 100 valence electrons. The van der Waals surface area contributed by atoms with E-state index in [9.17, 15) is 15.0 Å². The first-order chi connectivity index (χ1) is 8.34. The van der Waals surface area contributed by atoms with E-state index in [1.165, 1.54) is 0 Å². The van der Waals surface area contributed by atoms with Gasteiger partial charge in [0.25, 0.3) is 0 Å². The van der Waals surface area contributed by atoms with Crippen LogP contribution < -0.4 is 0 Å². The second-order valence-corrected chi connectivity index (χ2v) is 4.80. The molecule has 2 N–H and O–H groups in total. The van der Waals surface area contributed by atoms with Crippen molar-refractivity contribution in [1.82, 2.24) is 4.90 Å². The van der Waals surface area contributed by atoms with E-state index in [-0.39, 0.29) is 12.5 Å². The first-order valence-corrected chi connectivity index (χ1v) is 6.22. The van der Waals surface area contributed by atoms with Crippen molar-refractivity contribution in [1.29, 1.82) is 0 Å². The smallest absolute Gasteiger partial charge is 0.410 e. The van der Waals surface area contributed by atoms with Crippen LogP contribution in [-0.2, 0) is 5.72 Å². The van der Waals surface area contributed by atoms with Gasteiger partial charge in [-0.15, -0.1) is 0 Å². The van der Waals surface area contributed by atoms with Crippen LogP contribution in [0, 0.1) is 0 Å². The lowest BCUT2D eigenvalue weighted by atomic mass is 9.97. The number of benzene rings is 1. The molecule has 1 aromatic carbocycles. The van der Waals surface area contributed by atoms with Gasteiger partial charge in [-0.3, -0.25) is 4.90 Å². The molecule has 5 heteroatoms. The van der Waals surface area contributed by atoms with E-state index in [4.69, 9.17) is 11.6 Å². The van der Waals surface area contributed by atoms with E-state index in [2.05, 4.69) is 0 Å². The fourth-order valence-corrected chi connectivity index (χ4v) is 2.37. The summed E-state index contributed by atoms with van der Waals surface area (Å²) in [6.07, 6.45) is -0.949. The molecular formula is C13H18ClNO3. The highest BCUT2D eigenvalue weighted by Gasteiger charge is 2.40. The van der Waals surface area contributed by atoms with Gasteiger partial charge in [-0.05, 0) is 26.3 Å². The minimum absolute atomic E-state index is 0.223. The largest absolute Gasteiger partial charge is 0.465 e. The Balaban J connectivity index is 3.36. The van der Waals surface area contributed by atoms with E-state index < -0.39 is 11.8 Å². The normalized spacial score (nSPS) is 14.3. The van der Waals surface area contributed by atoms with E-state index in [1.807, 2.05) is 0 Å². The molecule has 18 heavy (non-hydrogen) atoms. The van der Waals surface area contributed by atoms with Crippen LogP contribution in [0.2, 0.25) is 5.02 Å². The van der Waals surface area contributed by atoms with Gasteiger partial charge >= 0.3 is 6.09 Å². The summed E-state index contributed by atoms with van der Waals surface area (Å²) in [5.41, 5.74) is -1.21. The van der Waals surface area contributed by atoms with Crippen LogP contribution in [0.3, 0.4) is 0 Å². The molecule has 0 aliphatic carbocycles. The monoisotopic (exact) mass is 271 g/mol. The van der Waals surface area contributed by atoms with E-state index in [1.54, 1.807) is 45.0 Å². The molecule has 1 aromatic rings. The summed E-state index contributed by atoms with van der Waals surface area (Å²) in [6.45, 7) is 5.15. The van der Waals surface area contributed by atoms with Crippen molar-refractivity contribution in [3.8, 4) is 0 Å². The number of halogens is 1. The Labute approximate surface area is 112 Å². The van der Waals surface area contributed by atoms with Crippen LogP contribution in [-0.4, -0.2) is 27.2 Å². The Morgan fingerprint density at radius 1 is 1.44 bits per heavy atom. The summed E-state index contributed by atoms with van der Waals surface area (Å²) in [7, 11) is 0. The fourth-order valence-electron chi connectivity index (χ4n) is 2.08. The van der Waals surface area contributed by atoms with Gasteiger partial charge < -0.3 is 10.2 Å². The summed E-state index contributed by atoms with van der Waals surface area (Å²) < 4.78 is 0. The summed E-state index contributed by atoms with van der Waals surface area (Å²) in [4.78, 5) is 12.4. The summed E-state index contributed by atoms with van der Waals surface area (Å²) in [6, 6.07) is 6.39. The highest BCUT2D eigenvalue weighted by atomic mass is 35.5. The molecule has 0 aliphatic heterocycles. The Morgan fingerprint density at radius 2 is 2.00 bits per heavy atom. The topological polar surface area (TPSA) is 60.8 Å². The number of carboxylic acid groups (broad SMARTS) is 1. The Morgan fingerprint density at radius 3 is 2.39 bits per heavy atom. The molecule has 0 aromatic heterocycles. The third-order valence-corrected chi connectivity index (χ3v) is 3.25. The summed E-state index contributed by atoms with van der Waals surface area (Å²) >= 11 is 6.06. The first kappa shape index (κ1) is 14.8. The van der Waals surface area contributed by atoms with Crippen LogP contribution >= 0.6 is 11.6 Å². The molecular weight excluding hydrogens is 254 g/mol. The van der Waals surface area contributed by atoms with Crippen molar-refractivity contribution < 1.29 is 15.0 Å². The molecule has 0 saturated carbocycles. The highest BCUT2D eigenvalue weighted by Crippen LogP contribution is 2.35. The van der Waals surface area contributed by atoms with Gasteiger partial charge in [-0.1, -0.05) is 36.7 Å². The molecule has 4 nitrogen and oxygen atoms in total. The fraction of sp³-hybridized carbons (Fsp3) is 0.462. The van der Waals surface area contributed by atoms with Crippen molar-refractivity contribution in [2.24, 2.45) is 0 Å². The molecule has 0 radical (unpaired) electrons. The number of hydrogen-bond acceptors (Lipinski definition) is 2. The lowest BCUT2D eigenvalue weighted by Crippen LogP contribution is -2.52. The van der Waals surface area contributed by atoms with Crippen molar-refractivity contribution in [3.05, 3.63) is 34.9 Å². The van der Waals surface area contributed by atoms with Crippen molar-refractivity contribution in [2.75, 3.05) is 0 Å². The second-order valence-electron chi connectivity index (χ2n) is 4.40. The van der Waals surface area contributed by atoms with Crippen molar-refractivity contribution in [2.45, 2.75) is 39.0 Å². The quantitative estimate of drug-likeness (QED) is 0.826. The molecule has 0 saturated heterocycles. The van der Waals surface area contributed by atoms with Crippen LogP contribution in [0.4, 0.5) is 4.79 Å². The van der Waals surface area contributed by atoms with Gasteiger partial charge in [0.1, 0.15) is 0 Å². The lowest BCUT2D eigenvalue weighted by molar-refractivity contribution is -0.114. The maximum atomic E-state index is 11.4. The number of nitrogens with zero attached hydrogens (tertiary/aromatic N) is 1. The Bertz CT molecular complexity index is 436. The lowest BCUT2D eigenvalue weighted by Gasteiger charge is -2.40. The molecule has 0 fully saturated rings. The average Bonchev–Trinajstić information content (AvgIpc) is 2.28. The van der Waals surface area contributed by atoms with Gasteiger partial charge in [0.2, 0.25) is 0 Å². The van der Waals surface area contributed by atoms with E-state index >= 15 is 0 Å². The molecule has 0 heterocycles. The number of aliphatic hydroxyl groups is 1. The zero-order chi connectivity index (χ0) is 13.9. The Hall–Kier alpha value is -1.26. The van der Waals surface area contributed by atoms with E-state index in [0.29, 0.717) is 10.6 Å². The molecule has 0 bridgehead atoms. The summed E-state index contributed by atoms with van der Waals surface area (Å²) in [5.74, 6) is 0. The van der Waals surface area contributed by atoms with Crippen LogP contribution in [0.15, 0.2) is 24.3 Å². The van der Waals surface area contributed by atoms with Crippen LogP contribution in [0.25, 0.3) is 0 Å². The summed E-state index contributed by atoms with van der Waals surface area (Å²) in [5, 5.41) is 20.4. The SMILES string of the molecule is CCC(O)(c1ccccc1Cl)N(C(=O)O)C(C)C. The molecule has 1 rings (SSSR count). The molecule has 1 atom stereocenters. The molecule has 0 spiro atoms. The third kappa shape index (κ3) is 2.60. The van der Waals surface area contributed by atoms with Gasteiger partial charge in [-0.25, -0.2) is 4.79 Å². The predicted octanol–water partition coefficient (Wildman–Crippen LogP) is 3.28. The number of rotatable bonds is 4. The molecule has 1 unspecified atom stereocenters. The maximum Gasteiger partial charge on any atom is 0.410 e. The van der Waals surface area contributed by atoms with Gasteiger partial charge in [0, 0.05) is 16.6 Å². The number of amides is 1. The van der Waals surface area contributed by atoms with Crippen LogP contribution in [0.5, 0.6) is 0 Å². The molecule has 1 amide bonds. The second kappa shape index (κ2) is 5.59. The number of carbonyl (C=O) groups is 1. The maximum absolute atomic E-state index is 11.4. The standard InChI is InChI=1S/C13H18ClNO3/c1-4-13(18,15(9(2)3)12(16)17)10-7-5-6-8-11(10)14/h5-9,18H,4H2,1-3H3,(H,16,17). The Kier molecular flexibility index (Phi) is 4.59. The van der Waals surface area contributed by atoms with Gasteiger partial charge in [-0.2, -0.15) is 0 Å². The minimum atomic E-state index is -1.61. The van der Waals surface area contributed by atoms with Gasteiger partial charge in [0.15, 0.2) is 5.72 Å². The van der Waals surface area contributed by atoms with Crippen molar-refractivity contribution >= 4 is 17.7 Å². The average molecular weight is 272 g/mol. The zero-order valence-electron chi connectivity index (χ0n) is 10.7. The van der Waals surface area contributed by atoms with Crippen LogP contribution in [0.1, 0.15) is 32.8 Å². The molecule has 0 aliphatic rings.